The summed E-state index contributed by atoms with van der Waals surface area (Å²) in [5, 5.41) is 30.4. The van der Waals surface area contributed by atoms with Crippen LogP contribution < -0.4 is 5.32 Å². The third-order valence-corrected chi connectivity index (χ3v) is 2.08. The molecule has 0 fully saturated rings. The van der Waals surface area contributed by atoms with Crippen molar-refractivity contribution in [2.24, 2.45) is 0 Å². The molecule has 4 N–H and O–H groups in total. The molecule has 0 radical (unpaired) electrons. The van der Waals surface area contributed by atoms with Crippen molar-refractivity contribution in [1.82, 2.24) is 5.32 Å². The average Bonchev–Trinajstić information content (AvgIpc) is 2.23. The molecule has 0 bridgehead atoms. The first-order valence-electron chi connectivity index (χ1n) is 5.20. The highest BCUT2D eigenvalue weighted by atomic mass is 16.5. The minimum atomic E-state index is -0.751. The van der Waals surface area contributed by atoms with Crippen LogP contribution in [0.3, 0.4) is 0 Å². The van der Waals surface area contributed by atoms with E-state index >= 15 is 0 Å². The van der Waals surface area contributed by atoms with Gasteiger partial charge in [0.05, 0.1) is 37.6 Å². The van der Waals surface area contributed by atoms with Gasteiger partial charge in [-0.15, -0.1) is 0 Å². The summed E-state index contributed by atoms with van der Waals surface area (Å²) < 4.78 is 5.22. The third-order valence-electron chi connectivity index (χ3n) is 2.08. The smallest absolute Gasteiger partial charge is 0.0898 e. The first kappa shape index (κ1) is 14.8. The molecule has 0 aliphatic carbocycles. The molecule has 5 nitrogen and oxygen atoms in total. The van der Waals surface area contributed by atoms with Gasteiger partial charge in [-0.2, -0.15) is 0 Å². The van der Waals surface area contributed by atoms with E-state index in [1.807, 2.05) is 13.8 Å². The van der Waals surface area contributed by atoms with E-state index in [0.717, 1.165) is 0 Å². The number of aliphatic hydroxyl groups excluding tert-OH is 3. The van der Waals surface area contributed by atoms with Crippen molar-refractivity contribution in [1.29, 1.82) is 0 Å². The van der Waals surface area contributed by atoms with Gasteiger partial charge in [0.25, 0.3) is 0 Å². The molecule has 92 valence electrons. The van der Waals surface area contributed by atoms with Gasteiger partial charge < -0.3 is 25.4 Å². The summed E-state index contributed by atoms with van der Waals surface area (Å²) in [4.78, 5) is 0. The van der Waals surface area contributed by atoms with E-state index in [1.54, 1.807) is 6.92 Å². The lowest BCUT2D eigenvalue weighted by molar-refractivity contribution is -0.000683. The largest absolute Gasteiger partial charge is 0.394 e. The van der Waals surface area contributed by atoms with Gasteiger partial charge >= 0.3 is 0 Å². The Labute approximate surface area is 91.1 Å². The maximum absolute atomic E-state index is 9.50. The summed E-state index contributed by atoms with van der Waals surface area (Å²) in [7, 11) is 0. The van der Waals surface area contributed by atoms with Crippen LogP contribution >= 0.6 is 0 Å². The van der Waals surface area contributed by atoms with Gasteiger partial charge in [-0.25, -0.2) is 0 Å². The maximum Gasteiger partial charge on any atom is 0.0898 e. The predicted molar refractivity (Wildman–Crippen MR) is 57.7 cm³/mol. The molecule has 0 saturated carbocycles. The number of aliphatic hydroxyl groups is 3. The summed E-state index contributed by atoms with van der Waals surface area (Å²) in [6.45, 7) is 5.64. The van der Waals surface area contributed by atoms with Crippen molar-refractivity contribution in [2.45, 2.75) is 38.5 Å². The molecule has 15 heavy (non-hydrogen) atoms. The van der Waals surface area contributed by atoms with Crippen molar-refractivity contribution in [3.8, 4) is 0 Å². The fourth-order valence-electron chi connectivity index (χ4n) is 0.888. The highest BCUT2D eigenvalue weighted by Crippen LogP contribution is 2.01. The SMILES string of the molecule is CC(C)OCC(O)CNC(C)(CO)CO. The lowest BCUT2D eigenvalue weighted by Gasteiger charge is -2.27. The van der Waals surface area contributed by atoms with E-state index in [2.05, 4.69) is 5.32 Å². The second-order valence-corrected chi connectivity index (χ2v) is 4.29. The van der Waals surface area contributed by atoms with Gasteiger partial charge in [0.15, 0.2) is 0 Å². The van der Waals surface area contributed by atoms with Crippen LogP contribution in [0.15, 0.2) is 0 Å². The van der Waals surface area contributed by atoms with Crippen LogP contribution in [0.2, 0.25) is 0 Å². The molecule has 0 aromatic rings. The highest BCUT2D eigenvalue weighted by Gasteiger charge is 2.22. The number of ether oxygens (including phenoxy) is 1. The summed E-state index contributed by atoms with van der Waals surface area (Å²) in [5.41, 5.74) is -0.751. The first-order chi connectivity index (χ1) is 6.93. The van der Waals surface area contributed by atoms with Gasteiger partial charge in [0.2, 0.25) is 0 Å². The number of nitrogens with one attached hydrogen (secondary N) is 1. The highest BCUT2D eigenvalue weighted by molar-refractivity contribution is 4.82. The maximum atomic E-state index is 9.50. The number of β-amino-alcohol motifs (C(OH)–C–C–N with tert-alkyl or cyclic N) is 1. The Morgan fingerprint density at radius 2 is 1.80 bits per heavy atom. The van der Waals surface area contributed by atoms with E-state index in [1.165, 1.54) is 0 Å². The van der Waals surface area contributed by atoms with E-state index in [0.29, 0.717) is 0 Å². The van der Waals surface area contributed by atoms with Crippen molar-refractivity contribution < 1.29 is 20.1 Å². The fourth-order valence-corrected chi connectivity index (χ4v) is 0.888. The molecule has 0 aliphatic heterocycles. The van der Waals surface area contributed by atoms with E-state index in [-0.39, 0.29) is 32.5 Å². The molecule has 1 unspecified atom stereocenters. The van der Waals surface area contributed by atoms with Crippen LogP contribution in [0, 0.1) is 0 Å². The Hall–Kier alpha value is -0.200. The van der Waals surface area contributed by atoms with Crippen molar-refractivity contribution >= 4 is 0 Å². The Morgan fingerprint density at radius 1 is 1.27 bits per heavy atom. The molecular weight excluding hydrogens is 198 g/mol. The molecule has 1 atom stereocenters. The Morgan fingerprint density at radius 3 is 2.20 bits per heavy atom. The van der Waals surface area contributed by atoms with Crippen LogP contribution in [-0.4, -0.2) is 59.4 Å². The fraction of sp³-hybridized carbons (Fsp3) is 1.00. The number of hydrogen-bond acceptors (Lipinski definition) is 5. The van der Waals surface area contributed by atoms with E-state index in [4.69, 9.17) is 14.9 Å². The quantitative estimate of drug-likeness (QED) is 0.427. The predicted octanol–water partition coefficient (Wildman–Crippen LogP) is -0.895. The lowest BCUT2D eigenvalue weighted by atomic mass is 10.1. The molecule has 0 aromatic carbocycles. The summed E-state index contributed by atoms with van der Waals surface area (Å²) in [5.74, 6) is 0. The topological polar surface area (TPSA) is 82.0 Å². The number of rotatable bonds is 8. The zero-order valence-electron chi connectivity index (χ0n) is 9.73. The molecule has 0 rings (SSSR count). The third kappa shape index (κ3) is 6.81. The zero-order valence-corrected chi connectivity index (χ0v) is 9.73. The molecule has 0 aromatic heterocycles. The van der Waals surface area contributed by atoms with Gasteiger partial charge in [0, 0.05) is 6.54 Å². The van der Waals surface area contributed by atoms with Crippen molar-refractivity contribution in [3.63, 3.8) is 0 Å². The van der Waals surface area contributed by atoms with Crippen LogP contribution in [0.1, 0.15) is 20.8 Å². The van der Waals surface area contributed by atoms with Gasteiger partial charge in [0.1, 0.15) is 0 Å². The standard InChI is InChI=1S/C10H23NO4/c1-8(2)15-5-9(14)4-11-10(3,6-12)7-13/h8-9,11-14H,4-7H2,1-3H3. The zero-order chi connectivity index (χ0) is 11.9. The van der Waals surface area contributed by atoms with Gasteiger partial charge in [-0.05, 0) is 20.8 Å². The minimum Gasteiger partial charge on any atom is -0.394 e. The molecule has 0 amide bonds. The van der Waals surface area contributed by atoms with E-state index in [9.17, 15) is 5.11 Å². The van der Waals surface area contributed by atoms with Crippen LogP contribution in [0.5, 0.6) is 0 Å². The Bertz CT molecular complexity index is 160. The summed E-state index contributed by atoms with van der Waals surface area (Å²) in [6.07, 6.45) is -0.549. The molecule has 0 spiro atoms. The first-order valence-corrected chi connectivity index (χ1v) is 5.20. The van der Waals surface area contributed by atoms with Crippen molar-refractivity contribution in [3.05, 3.63) is 0 Å². The minimum absolute atomic E-state index is 0.0849. The van der Waals surface area contributed by atoms with Crippen LogP contribution in [0.25, 0.3) is 0 Å². The monoisotopic (exact) mass is 221 g/mol. The number of hydrogen-bond donors (Lipinski definition) is 4. The Kier molecular flexibility index (Phi) is 7.04. The van der Waals surface area contributed by atoms with Gasteiger partial charge in [-0.1, -0.05) is 0 Å². The molecule has 0 heterocycles. The summed E-state index contributed by atoms with van der Waals surface area (Å²) in [6, 6.07) is 0. The molecular formula is C10H23NO4. The second kappa shape index (κ2) is 7.14. The molecule has 0 saturated heterocycles. The van der Waals surface area contributed by atoms with Crippen molar-refractivity contribution in [2.75, 3.05) is 26.4 Å². The van der Waals surface area contributed by atoms with Gasteiger partial charge in [-0.3, -0.25) is 0 Å². The molecule has 5 heteroatoms. The van der Waals surface area contributed by atoms with Crippen LogP contribution in [-0.2, 0) is 4.74 Å². The normalized spacial score (nSPS) is 14.6. The molecule has 0 aliphatic rings. The second-order valence-electron chi connectivity index (χ2n) is 4.29. The summed E-state index contributed by atoms with van der Waals surface area (Å²) >= 11 is 0. The van der Waals surface area contributed by atoms with E-state index < -0.39 is 11.6 Å². The van der Waals surface area contributed by atoms with Crippen LogP contribution in [0.4, 0.5) is 0 Å². The average molecular weight is 221 g/mol. The lowest BCUT2D eigenvalue weighted by Crippen LogP contribution is -2.52. The Balaban J connectivity index is 3.73.